The zero-order valence-corrected chi connectivity index (χ0v) is 15.8. The molecule has 3 heterocycles. The molecule has 0 atom stereocenters. The summed E-state index contributed by atoms with van der Waals surface area (Å²) in [4.78, 5) is 23.0. The molecule has 3 aromatic rings. The molecule has 0 unspecified atom stereocenters. The Balaban J connectivity index is 2.03. The standard InChI is InChI=1S/C18H17F2N7O2/c1-10(28)23-15-8-13(24-14-6-7-21-17(25-14)18(2,19)20)11(9-22-15)12-4-5-16(29-3)27-26-12/h4-9H,1-3H3,(H2,21,22,23,24,25,28). The molecule has 0 aliphatic rings. The number of nitrogens with zero attached hydrogens (tertiary/aromatic N) is 5. The smallest absolute Gasteiger partial charge is 0.303 e. The van der Waals surface area contributed by atoms with Crippen molar-refractivity contribution in [3.05, 3.63) is 42.5 Å². The monoisotopic (exact) mass is 401 g/mol. The van der Waals surface area contributed by atoms with Crippen molar-refractivity contribution in [1.82, 2.24) is 25.1 Å². The molecule has 0 aromatic carbocycles. The van der Waals surface area contributed by atoms with Gasteiger partial charge >= 0.3 is 5.92 Å². The van der Waals surface area contributed by atoms with E-state index in [-0.39, 0.29) is 17.5 Å². The molecule has 0 saturated heterocycles. The van der Waals surface area contributed by atoms with Gasteiger partial charge < -0.3 is 15.4 Å². The summed E-state index contributed by atoms with van der Waals surface area (Å²) in [5, 5.41) is 13.5. The van der Waals surface area contributed by atoms with Crippen LogP contribution in [0.3, 0.4) is 0 Å². The molecule has 0 bridgehead atoms. The maximum Gasteiger partial charge on any atom is 0.303 e. The second-order valence-electron chi connectivity index (χ2n) is 6.04. The number of pyridine rings is 1. The topological polar surface area (TPSA) is 115 Å². The number of carbonyl (C=O) groups is 1. The Morgan fingerprint density at radius 1 is 1.14 bits per heavy atom. The third-order valence-corrected chi connectivity index (χ3v) is 3.64. The number of ether oxygens (including phenoxy) is 1. The van der Waals surface area contributed by atoms with Crippen LogP contribution in [0.1, 0.15) is 19.7 Å². The number of hydrogen-bond donors (Lipinski definition) is 2. The second-order valence-corrected chi connectivity index (χ2v) is 6.04. The number of methoxy groups -OCH3 is 1. The molecule has 1 amide bonds. The van der Waals surface area contributed by atoms with Crippen LogP contribution >= 0.6 is 0 Å². The van der Waals surface area contributed by atoms with Crippen molar-refractivity contribution in [3.8, 4) is 17.1 Å². The highest BCUT2D eigenvalue weighted by Crippen LogP contribution is 2.31. The SMILES string of the molecule is COc1ccc(-c2cnc(NC(C)=O)cc2Nc2ccnc(C(C)(F)F)n2)nn1. The largest absolute Gasteiger partial charge is 0.480 e. The zero-order valence-electron chi connectivity index (χ0n) is 15.8. The molecule has 0 radical (unpaired) electrons. The summed E-state index contributed by atoms with van der Waals surface area (Å²) in [5.41, 5.74) is 1.38. The van der Waals surface area contributed by atoms with E-state index in [4.69, 9.17) is 4.74 Å². The lowest BCUT2D eigenvalue weighted by Gasteiger charge is -2.14. The molecule has 0 fully saturated rings. The Morgan fingerprint density at radius 3 is 2.55 bits per heavy atom. The minimum Gasteiger partial charge on any atom is -0.480 e. The fourth-order valence-electron chi connectivity index (χ4n) is 2.36. The summed E-state index contributed by atoms with van der Waals surface area (Å²) in [6, 6.07) is 6.26. The van der Waals surface area contributed by atoms with Gasteiger partial charge in [-0.25, -0.2) is 15.0 Å². The number of nitrogens with one attached hydrogen (secondary N) is 2. The van der Waals surface area contributed by atoms with E-state index >= 15 is 0 Å². The summed E-state index contributed by atoms with van der Waals surface area (Å²) in [7, 11) is 1.47. The Labute approximate surface area is 164 Å². The fourth-order valence-corrected chi connectivity index (χ4v) is 2.36. The summed E-state index contributed by atoms with van der Waals surface area (Å²) in [6.45, 7) is 2.06. The number of halogens is 2. The van der Waals surface area contributed by atoms with E-state index in [0.29, 0.717) is 29.7 Å². The van der Waals surface area contributed by atoms with Gasteiger partial charge in [0, 0.05) is 43.9 Å². The van der Waals surface area contributed by atoms with Crippen molar-refractivity contribution in [2.45, 2.75) is 19.8 Å². The molecule has 0 spiro atoms. The van der Waals surface area contributed by atoms with E-state index in [0.717, 1.165) is 0 Å². The van der Waals surface area contributed by atoms with E-state index in [1.54, 1.807) is 12.1 Å². The fraction of sp³-hybridized carbons (Fsp3) is 0.222. The van der Waals surface area contributed by atoms with Crippen LogP contribution in [0, 0.1) is 0 Å². The Morgan fingerprint density at radius 2 is 1.93 bits per heavy atom. The summed E-state index contributed by atoms with van der Waals surface area (Å²) >= 11 is 0. The van der Waals surface area contributed by atoms with Crippen LogP contribution in [0.25, 0.3) is 11.3 Å². The highest BCUT2D eigenvalue weighted by molar-refractivity contribution is 5.89. The van der Waals surface area contributed by atoms with Gasteiger partial charge in [0.25, 0.3) is 0 Å². The lowest BCUT2D eigenvalue weighted by molar-refractivity contribution is -0.114. The number of carbonyl (C=O) groups excluding carboxylic acids is 1. The van der Waals surface area contributed by atoms with Gasteiger partial charge in [0.2, 0.25) is 17.6 Å². The number of hydrogen-bond acceptors (Lipinski definition) is 8. The lowest BCUT2D eigenvalue weighted by Crippen LogP contribution is -2.13. The molecule has 29 heavy (non-hydrogen) atoms. The number of anilines is 3. The summed E-state index contributed by atoms with van der Waals surface area (Å²) in [6.07, 6.45) is 2.70. The van der Waals surface area contributed by atoms with E-state index in [1.807, 2.05) is 0 Å². The zero-order chi connectivity index (χ0) is 21.0. The van der Waals surface area contributed by atoms with Gasteiger partial charge in [-0.3, -0.25) is 4.79 Å². The van der Waals surface area contributed by atoms with Crippen LogP contribution in [0.5, 0.6) is 5.88 Å². The quantitative estimate of drug-likeness (QED) is 0.647. The van der Waals surface area contributed by atoms with Gasteiger partial charge in [0.15, 0.2) is 0 Å². The molecule has 11 heteroatoms. The van der Waals surface area contributed by atoms with Crippen molar-refractivity contribution >= 4 is 23.2 Å². The maximum atomic E-state index is 13.6. The number of aromatic nitrogens is 5. The third-order valence-electron chi connectivity index (χ3n) is 3.64. The van der Waals surface area contributed by atoms with Crippen LogP contribution in [0.15, 0.2) is 36.7 Å². The minimum atomic E-state index is -3.19. The maximum absolute atomic E-state index is 13.6. The van der Waals surface area contributed by atoms with Crippen molar-refractivity contribution in [2.24, 2.45) is 0 Å². The van der Waals surface area contributed by atoms with E-state index in [1.165, 1.54) is 38.6 Å². The van der Waals surface area contributed by atoms with Gasteiger partial charge in [0.05, 0.1) is 18.5 Å². The highest BCUT2D eigenvalue weighted by Gasteiger charge is 2.28. The molecule has 0 aliphatic carbocycles. The normalized spacial score (nSPS) is 11.1. The molecule has 150 valence electrons. The summed E-state index contributed by atoms with van der Waals surface area (Å²) < 4.78 is 32.1. The second kappa shape index (κ2) is 8.09. The van der Waals surface area contributed by atoms with Crippen LogP contribution < -0.4 is 15.4 Å². The van der Waals surface area contributed by atoms with Gasteiger partial charge in [-0.05, 0) is 12.1 Å². The van der Waals surface area contributed by atoms with Crippen molar-refractivity contribution in [1.29, 1.82) is 0 Å². The van der Waals surface area contributed by atoms with Crippen molar-refractivity contribution < 1.29 is 18.3 Å². The predicted molar refractivity (Wildman–Crippen MR) is 101 cm³/mol. The van der Waals surface area contributed by atoms with Gasteiger partial charge in [-0.1, -0.05) is 0 Å². The van der Waals surface area contributed by atoms with Crippen LogP contribution in [-0.2, 0) is 10.7 Å². The molecule has 0 saturated carbocycles. The Hall–Kier alpha value is -3.76. The average Bonchev–Trinajstić information content (AvgIpc) is 2.67. The Bertz CT molecular complexity index is 1020. The Kier molecular flexibility index (Phi) is 5.57. The predicted octanol–water partition coefficient (Wildman–Crippen LogP) is 3.15. The molecule has 0 aliphatic heterocycles. The first-order valence-corrected chi connectivity index (χ1v) is 8.40. The van der Waals surface area contributed by atoms with E-state index in [2.05, 4.69) is 35.8 Å². The molecule has 3 rings (SSSR count). The number of amides is 1. The van der Waals surface area contributed by atoms with Crippen LogP contribution in [0.2, 0.25) is 0 Å². The van der Waals surface area contributed by atoms with E-state index < -0.39 is 11.7 Å². The summed E-state index contributed by atoms with van der Waals surface area (Å²) in [5.74, 6) is -3.39. The first-order valence-electron chi connectivity index (χ1n) is 8.40. The molecular formula is C18H17F2N7O2. The number of alkyl halides is 2. The first kappa shape index (κ1) is 20.0. The molecule has 2 N–H and O–H groups in total. The molecular weight excluding hydrogens is 384 g/mol. The molecule has 9 nitrogen and oxygen atoms in total. The minimum absolute atomic E-state index is 0.138. The average molecular weight is 401 g/mol. The van der Waals surface area contributed by atoms with E-state index in [9.17, 15) is 13.6 Å². The lowest BCUT2D eigenvalue weighted by atomic mass is 10.1. The third kappa shape index (κ3) is 4.94. The van der Waals surface area contributed by atoms with Gasteiger partial charge in [-0.2, -0.15) is 8.78 Å². The first-order chi connectivity index (χ1) is 13.8. The number of rotatable bonds is 6. The molecule has 3 aromatic heterocycles. The van der Waals surface area contributed by atoms with Gasteiger partial charge in [-0.15, -0.1) is 10.2 Å². The van der Waals surface area contributed by atoms with Gasteiger partial charge in [0.1, 0.15) is 11.6 Å². The van der Waals surface area contributed by atoms with Crippen LogP contribution in [-0.4, -0.2) is 38.2 Å². The van der Waals surface area contributed by atoms with Crippen molar-refractivity contribution in [2.75, 3.05) is 17.7 Å². The van der Waals surface area contributed by atoms with Crippen molar-refractivity contribution in [3.63, 3.8) is 0 Å². The highest BCUT2D eigenvalue weighted by atomic mass is 19.3. The van der Waals surface area contributed by atoms with Crippen LogP contribution in [0.4, 0.5) is 26.1 Å².